The molecular weight excluding hydrogens is 212 g/mol. The number of rotatable bonds is 6. The van der Waals surface area contributed by atoms with Crippen molar-refractivity contribution in [2.75, 3.05) is 14.1 Å². The van der Waals surface area contributed by atoms with Gasteiger partial charge in [0, 0.05) is 14.1 Å². The molecule has 1 N–H and O–H groups in total. The summed E-state index contributed by atoms with van der Waals surface area (Å²) in [5, 5.41) is 8.81. The van der Waals surface area contributed by atoms with Crippen LogP contribution in [-0.2, 0) is 14.3 Å². The lowest BCUT2D eigenvalue weighted by atomic mass is 10.3. The van der Waals surface area contributed by atoms with Crippen LogP contribution >= 0.6 is 0 Å². The molecule has 0 aromatic heterocycles. The second-order valence-corrected chi connectivity index (χ2v) is 3.62. The zero-order chi connectivity index (χ0) is 12.7. The molecular formula is C10H18N2O4. The van der Waals surface area contributed by atoms with Crippen molar-refractivity contribution in [1.29, 1.82) is 0 Å². The summed E-state index contributed by atoms with van der Waals surface area (Å²) >= 11 is 0. The quantitative estimate of drug-likeness (QED) is 0.309. The molecule has 0 saturated carbocycles. The van der Waals surface area contributed by atoms with E-state index in [1.165, 1.54) is 6.34 Å². The smallest absolute Gasteiger partial charge is 0.342 e. The Morgan fingerprint density at radius 3 is 2.44 bits per heavy atom. The normalized spacial score (nSPS) is 14.5. The zero-order valence-electron chi connectivity index (χ0n) is 10.0. The minimum absolute atomic E-state index is 0.302. The SMILES string of the molecule is CCC(C)OC(=O)C(N=CN(C)C)C(=O)O. The van der Waals surface area contributed by atoms with Crippen LogP contribution in [0.15, 0.2) is 4.99 Å². The number of carboxylic acid groups (broad SMARTS) is 1. The first kappa shape index (κ1) is 14.4. The topological polar surface area (TPSA) is 79.2 Å². The molecule has 2 atom stereocenters. The predicted molar refractivity (Wildman–Crippen MR) is 59.4 cm³/mol. The third-order valence-corrected chi connectivity index (χ3v) is 1.80. The summed E-state index contributed by atoms with van der Waals surface area (Å²) < 4.78 is 4.90. The van der Waals surface area contributed by atoms with Gasteiger partial charge in [0.15, 0.2) is 0 Å². The fourth-order valence-electron chi connectivity index (χ4n) is 0.772. The third-order valence-electron chi connectivity index (χ3n) is 1.80. The van der Waals surface area contributed by atoms with Gasteiger partial charge in [-0.3, -0.25) is 0 Å². The first-order valence-corrected chi connectivity index (χ1v) is 5.01. The zero-order valence-corrected chi connectivity index (χ0v) is 10.0. The first-order chi connectivity index (χ1) is 7.38. The highest BCUT2D eigenvalue weighted by Crippen LogP contribution is 2.02. The van der Waals surface area contributed by atoms with Crippen molar-refractivity contribution in [3.05, 3.63) is 0 Å². The fourth-order valence-corrected chi connectivity index (χ4v) is 0.772. The van der Waals surface area contributed by atoms with Gasteiger partial charge in [0.1, 0.15) is 0 Å². The van der Waals surface area contributed by atoms with Gasteiger partial charge in [-0.05, 0) is 13.3 Å². The van der Waals surface area contributed by atoms with Gasteiger partial charge in [0.2, 0.25) is 6.04 Å². The molecule has 0 aromatic rings. The predicted octanol–water partition coefficient (Wildman–Crippen LogP) is 0.371. The van der Waals surface area contributed by atoms with Crippen molar-refractivity contribution in [3.63, 3.8) is 0 Å². The molecule has 16 heavy (non-hydrogen) atoms. The number of aliphatic carboxylic acids is 1. The van der Waals surface area contributed by atoms with Crippen LogP contribution < -0.4 is 0 Å². The average molecular weight is 230 g/mol. The van der Waals surface area contributed by atoms with E-state index in [4.69, 9.17) is 9.84 Å². The molecule has 0 radical (unpaired) electrons. The summed E-state index contributed by atoms with van der Waals surface area (Å²) in [6.07, 6.45) is 1.61. The Morgan fingerprint density at radius 2 is 2.06 bits per heavy atom. The maximum atomic E-state index is 11.4. The molecule has 0 amide bonds. The second-order valence-electron chi connectivity index (χ2n) is 3.62. The number of carboxylic acids is 1. The van der Waals surface area contributed by atoms with Crippen LogP contribution in [0.25, 0.3) is 0 Å². The molecule has 0 heterocycles. The van der Waals surface area contributed by atoms with Gasteiger partial charge >= 0.3 is 11.9 Å². The van der Waals surface area contributed by atoms with Crippen molar-refractivity contribution < 1.29 is 19.4 Å². The van der Waals surface area contributed by atoms with E-state index in [-0.39, 0.29) is 6.10 Å². The van der Waals surface area contributed by atoms with Crippen LogP contribution in [-0.4, -0.2) is 54.5 Å². The minimum Gasteiger partial charge on any atom is -0.479 e. The number of aliphatic imine (C=N–C) groups is 1. The Bertz CT molecular complexity index is 276. The average Bonchev–Trinajstić information content (AvgIpc) is 2.16. The Morgan fingerprint density at radius 1 is 1.50 bits per heavy atom. The molecule has 0 aliphatic heterocycles. The molecule has 0 fully saturated rings. The van der Waals surface area contributed by atoms with E-state index in [0.717, 1.165) is 0 Å². The van der Waals surface area contributed by atoms with Gasteiger partial charge < -0.3 is 14.7 Å². The highest BCUT2D eigenvalue weighted by molar-refractivity contribution is 5.99. The minimum atomic E-state index is -1.49. The molecule has 0 rings (SSSR count). The summed E-state index contributed by atoms with van der Waals surface area (Å²) in [6.45, 7) is 3.54. The van der Waals surface area contributed by atoms with E-state index in [0.29, 0.717) is 6.42 Å². The highest BCUT2D eigenvalue weighted by Gasteiger charge is 2.27. The van der Waals surface area contributed by atoms with Crippen molar-refractivity contribution in [2.45, 2.75) is 32.4 Å². The van der Waals surface area contributed by atoms with Gasteiger partial charge in [-0.2, -0.15) is 0 Å². The van der Waals surface area contributed by atoms with Gasteiger partial charge in [-0.1, -0.05) is 6.92 Å². The number of carbonyl (C=O) groups is 2. The number of ether oxygens (including phenoxy) is 1. The van der Waals surface area contributed by atoms with Crippen LogP contribution in [0.2, 0.25) is 0 Å². The molecule has 6 nitrogen and oxygen atoms in total. The summed E-state index contributed by atoms with van der Waals surface area (Å²) in [5.41, 5.74) is 0. The van der Waals surface area contributed by atoms with Gasteiger partial charge in [0.25, 0.3) is 0 Å². The van der Waals surface area contributed by atoms with Crippen LogP contribution in [0.5, 0.6) is 0 Å². The Balaban J connectivity index is 4.54. The van der Waals surface area contributed by atoms with Crippen molar-refractivity contribution in [1.82, 2.24) is 4.90 Å². The monoisotopic (exact) mass is 230 g/mol. The number of esters is 1. The molecule has 0 aromatic carbocycles. The highest BCUT2D eigenvalue weighted by atomic mass is 16.5. The second kappa shape index (κ2) is 6.81. The Hall–Kier alpha value is -1.59. The number of nitrogens with zero attached hydrogens (tertiary/aromatic N) is 2. The number of carbonyl (C=O) groups excluding carboxylic acids is 1. The van der Waals surface area contributed by atoms with Crippen molar-refractivity contribution >= 4 is 18.3 Å². The molecule has 2 unspecified atom stereocenters. The standard InChI is InChI=1S/C10H18N2O4/c1-5-7(2)16-10(15)8(9(13)14)11-6-12(3)4/h6-8H,5H2,1-4H3,(H,13,14). The van der Waals surface area contributed by atoms with Gasteiger partial charge in [-0.15, -0.1) is 0 Å². The molecule has 0 spiro atoms. The molecule has 92 valence electrons. The van der Waals surface area contributed by atoms with Crippen LogP contribution in [0.4, 0.5) is 0 Å². The van der Waals surface area contributed by atoms with Crippen LogP contribution in [0.1, 0.15) is 20.3 Å². The lowest BCUT2D eigenvalue weighted by Gasteiger charge is -2.13. The fraction of sp³-hybridized carbons (Fsp3) is 0.700. The number of hydrogen-bond donors (Lipinski definition) is 1. The Kier molecular flexibility index (Phi) is 6.14. The van der Waals surface area contributed by atoms with Crippen LogP contribution in [0, 0.1) is 0 Å². The molecule has 0 saturated heterocycles. The Labute approximate surface area is 94.9 Å². The van der Waals surface area contributed by atoms with E-state index < -0.39 is 18.0 Å². The molecule has 0 aliphatic rings. The number of hydrogen-bond acceptors (Lipinski definition) is 4. The van der Waals surface area contributed by atoms with Crippen molar-refractivity contribution in [3.8, 4) is 0 Å². The molecule has 0 bridgehead atoms. The van der Waals surface area contributed by atoms with Crippen molar-refractivity contribution in [2.24, 2.45) is 4.99 Å². The summed E-state index contributed by atoms with van der Waals surface area (Å²) in [7, 11) is 3.37. The molecule has 0 aliphatic carbocycles. The summed E-state index contributed by atoms with van der Waals surface area (Å²) in [6, 6.07) is -1.49. The van der Waals surface area contributed by atoms with E-state index in [1.807, 2.05) is 6.92 Å². The largest absolute Gasteiger partial charge is 0.479 e. The van der Waals surface area contributed by atoms with Crippen LogP contribution in [0.3, 0.4) is 0 Å². The lowest BCUT2D eigenvalue weighted by Crippen LogP contribution is -2.33. The van der Waals surface area contributed by atoms with Gasteiger partial charge in [-0.25, -0.2) is 14.6 Å². The third kappa shape index (κ3) is 5.33. The lowest BCUT2D eigenvalue weighted by molar-refractivity contribution is -0.156. The first-order valence-electron chi connectivity index (χ1n) is 5.01. The molecule has 6 heteroatoms. The van der Waals surface area contributed by atoms with E-state index in [9.17, 15) is 9.59 Å². The maximum Gasteiger partial charge on any atom is 0.342 e. The van der Waals surface area contributed by atoms with Gasteiger partial charge in [0.05, 0.1) is 12.4 Å². The van der Waals surface area contributed by atoms with E-state index >= 15 is 0 Å². The van der Waals surface area contributed by atoms with E-state index in [1.54, 1.807) is 25.9 Å². The summed E-state index contributed by atoms with van der Waals surface area (Å²) in [4.78, 5) is 27.4. The summed E-state index contributed by atoms with van der Waals surface area (Å²) in [5.74, 6) is -2.15. The van der Waals surface area contributed by atoms with E-state index in [2.05, 4.69) is 4.99 Å². The maximum absolute atomic E-state index is 11.4.